The van der Waals surface area contributed by atoms with Gasteiger partial charge in [0.15, 0.2) is 0 Å². The first-order valence-electron chi connectivity index (χ1n) is 9.91. The Morgan fingerprint density at radius 1 is 1.06 bits per heavy atom. The molecule has 1 fully saturated rings. The van der Waals surface area contributed by atoms with Crippen LogP contribution in [0, 0.1) is 13.8 Å². The Morgan fingerprint density at radius 3 is 2.12 bits per heavy atom. The van der Waals surface area contributed by atoms with Gasteiger partial charge in [-0.2, -0.15) is 26.3 Å². The third-order valence-electron chi connectivity index (χ3n) is 5.24. The molecule has 1 unspecified atom stereocenters. The summed E-state index contributed by atoms with van der Waals surface area (Å²) in [6, 6.07) is 4.07. The maximum absolute atomic E-state index is 14.9. The molecule has 33 heavy (non-hydrogen) atoms. The fourth-order valence-corrected chi connectivity index (χ4v) is 3.51. The van der Waals surface area contributed by atoms with Crippen LogP contribution in [0.4, 0.5) is 30.7 Å². The lowest BCUT2D eigenvalue weighted by atomic mass is 9.93. The van der Waals surface area contributed by atoms with Crippen molar-refractivity contribution in [1.29, 1.82) is 0 Å². The van der Waals surface area contributed by atoms with E-state index in [4.69, 9.17) is 11.6 Å². The van der Waals surface area contributed by atoms with E-state index in [1.807, 2.05) is 0 Å². The normalized spacial score (nSPS) is 16.0. The number of rotatable bonds is 5. The van der Waals surface area contributed by atoms with Crippen molar-refractivity contribution in [3.05, 3.63) is 74.8 Å². The summed E-state index contributed by atoms with van der Waals surface area (Å²) in [6.45, 7) is 2.99. The van der Waals surface area contributed by atoms with Crippen molar-refractivity contribution in [1.82, 2.24) is 5.32 Å². The van der Waals surface area contributed by atoms with Gasteiger partial charge in [-0.15, -0.1) is 0 Å². The monoisotopic (exact) mass is 493 g/mol. The molecular formula is C23H19ClF7NO. The minimum absolute atomic E-state index is 0.214. The van der Waals surface area contributed by atoms with E-state index < -0.39 is 46.7 Å². The number of carbonyl (C=O) groups excluding carboxylic acids is 1. The Hall–Kier alpha value is -2.55. The van der Waals surface area contributed by atoms with Gasteiger partial charge in [0, 0.05) is 16.6 Å². The number of carbonyl (C=O) groups is 1. The molecule has 1 aliphatic carbocycles. The van der Waals surface area contributed by atoms with Crippen molar-refractivity contribution in [3.8, 4) is 0 Å². The second-order valence-corrected chi connectivity index (χ2v) is 8.39. The minimum atomic E-state index is -5.01. The lowest BCUT2D eigenvalue weighted by Gasteiger charge is -2.20. The minimum Gasteiger partial charge on any atom is -0.349 e. The molecule has 0 heterocycles. The molecular weight excluding hydrogens is 475 g/mol. The summed E-state index contributed by atoms with van der Waals surface area (Å²) in [6.07, 6.45) is -8.42. The topological polar surface area (TPSA) is 29.1 Å². The van der Waals surface area contributed by atoms with Gasteiger partial charge in [0.2, 0.25) is 0 Å². The quantitative estimate of drug-likeness (QED) is 0.429. The molecule has 2 nitrogen and oxygen atoms in total. The molecule has 1 amide bonds. The molecule has 0 spiro atoms. The van der Waals surface area contributed by atoms with Crippen LogP contribution in [0.1, 0.15) is 56.9 Å². The number of alkyl halides is 6. The molecule has 1 N–H and O–H groups in total. The summed E-state index contributed by atoms with van der Waals surface area (Å²) < 4.78 is 96.7. The SMILES string of the molecule is Cc1cc(C(/C=C(\F)c2ccc(C(=O)NC3CC3)c(C(F)(F)F)c2)C(F)(F)F)cc(C)c1Cl. The molecule has 2 aromatic rings. The first-order chi connectivity index (χ1) is 15.2. The Balaban J connectivity index is 2.04. The summed E-state index contributed by atoms with van der Waals surface area (Å²) in [5.74, 6) is -4.89. The molecule has 0 bridgehead atoms. The van der Waals surface area contributed by atoms with E-state index in [0.717, 1.165) is 24.3 Å². The second kappa shape index (κ2) is 9.00. The van der Waals surface area contributed by atoms with E-state index in [2.05, 4.69) is 5.32 Å². The predicted octanol–water partition coefficient (Wildman–Crippen LogP) is 7.52. The number of amides is 1. The van der Waals surface area contributed by atoms with Gasteiger partial charge in [-0.3, -0.25) is 4.79 Å². The van der Waals surface area contributed by atoms with E-state index >= 15 is 0 Å². The first-order valence-corrected chi connectivity index (χ1v) is 10.3. The van der Waals surface area contributed by atoms with Gasteiger partial charge in [0.1, 0.15) is 11.7 Å². The third kappa shape index (κ3) is 5.88. The van der Waals surface area contributed by atoms with Crippen LogP contribution in [0.25, 0.3) is 5.83 Å². The van der Waals surface area contributed by atoms with Crippen LogP contribution in [0.15, 0.2) is 36.4 Å². The molecule has 0 saturated heterocycles. The summed E-state index contributed by atoms with van der Waals surface area (Å²) in [5.41, 5.74) is -2.47. The number of benzene rings is 2. The van der Waals surface area contributed by atoms with Crippen molar-refractivity contribution in [2.45, 2.75) is 51.0 Å². The van der Waals surface area contributed by atoms with Crippen molar-refractivity contribution in [3.63, 3.8) is 0 Å². The smallest absolute Gasteiger partial charge is 0.349 e. The standard InChI is InChI=1S/C23H19ClF7NO/c1-11-7-14(8-12(2)20(11)24)17(22(26,27)28)10-19(25)13-3-6-16(18(9-13)23(29,30)31)21(33)32-15-4-5-15/h3,6-10,15,17H,4-5H2,1-2H3,(H,32,33)/b19-10-. The number of hydrogen-bond donors (Lipinski definition) is 1. The van der Waals surface area contributed by atoms with Gasteiger partial charge in [-0.1, -0.05) is 29.8 Å². The van der Waals surface area contributed by atoms with Crippen LogP contribution in [-0.2, 0) is 6.18 Å². The average Bonchev–Trinajstić information content (AvgIpc) is 3.51. The Kier molecular flexibility index (Phi) is 6.84. The summed E-state index contributed by atoms with van der Waals surface area (Å²) in [4.78, 5) is 12.2. The molecule has 0 radical (unpaired) electrons. The maximum atomic E-state index is 14.9. The van der Waals surface area contributed by atoms with Crippen LogP contribution in [0.2, 0.25) is 5.02 Å². The zero-order valence-electron chi connectivity index (χ0n) is 17.5. The second-order valence-electron chi connectivity index (χ2n) is 8.01. The maximum Gasteiger partial charge on any atom is 0.417 e. The third-order valence-corrected chi connectivity index (χ3v) is 5.84. The lowest BCUT2D eigenvalue weighted by Crippen LogP contribution is -2.28. The van der Waals surface area contributed by atoms with Gasteiger partial charge < -0.3 is 5.32 Å². The van der Waals surface area contributed by atoms with Gasteiger partial charge in [-0.05, 0) is 61.6 Å². The molecule has 0 aliphatic heterocycles. The number of aryl methyl sites for hydroxylation is 2. The molecule has 178 valence electrons. The van der Waals surface area contributed by atoms with Gasteiger partial charge in [0.25, 0.3) is 5.91 Å². The Morgan fingerprint density at radius 2 is 1.64 bits per heavy atom. The zero-order chi connectivity index (χ0) is 24.7. The van der Waals surface area contributed by atoms with Gasteiger partial charge in [0.05, 0.1) is 11.1 Å². The highest BCUT2D eigenvalue weighted by atomic mass is 35.5. The highest BCUT2D eigenvalue weighted by molar-refractivity contribution is 6.32. The Labute approximate surface area is 190 Å². The largest absolute Gasteiger partial charge is 0.417 e. The van der Waals surface area contributed by atoms with E-state index in [9.17, 15) is 35.5 Å². The van der Waals surface area contributed by atoms with Crippen LogP contribution in [-0.4, -0.2) is 18.1 Å². The summed E-state index contributed by atoms with van der Waals surface area (Å²) in [5, 5.41) is 2.68. The lowest BCUT2D eigenvalue weighted by molar-refractivity contribution is -0.140. The fourth-order valence-electron chi connectivity index (χ4n) is 3.40. The van der Waals surface area contributed by atoms with Crippen molar-refractivity contribution in [2.24, 2.45) is 0 Å². The number of allylic oxidation sites excluding steroid dienone is 1. The van der Waals surface area contributed by atoms with Gasteiger partial charge >= 0.3 is 12.4 Å². The Bertz CT molecular complexity index is 1080. The predicted molar refractivity (Wildman–Crippen MR) is 111 cm³/mol. The highest BCUT2D eigenvalue weighted by Crippen LogP contribution is 2.41. The highest BCUT2D eigenvalue weighted by Gasteiger charge is 2.41. The van der Waals surface area contributed by atoms with E-state index in [1.54, 1.807) is 0 Å². The van der Waals surface area contributed by atoms with E-state index in [0.29, 0.717) is 30.0 Å². The molecule has 1 saturated carbocycles. The van der Waals surface area contributed by atoms with Gasteiger partial charge in [-0.25, -0.2) is 4.39 Å². The van der Waals surface area contributed by atoms with Crippen LogP contribution in [0.3, 0.4) is 0 Å². The zero-order valence-corrected chi connectivity index (χ0v) is 18.2. The van der Waals surface area contributed by atoms with E-state index in [1.165, 1.54) is 13.8 Å². The summed E-state index contributed by atoms with van der Waals surface area (Å²) in [7, 11) is 0. The van der Waals surface area contributed by atoms with E-state index in [-0.39, 0.29) is 22.7 Å². The molecule has 3 rings (SSSR count). The van der Waals surface area contributed by atoms with Crippen molar-refractivity contribution < 1.29 is 35.5 Å². The van der Waals surface area contributed by atoms with Crippen molar-refractivity contribution in [2.75, 3.05) is 0 Å². The number of hydrogen-bond acceptors (Lipinski definition) is 1. The first kappa shape index (κ1) is 25.1. The summed E-state index contributed by atoms with van der Waals surface area (Å²) >= 11 is 6.00. The molecule has 10 heteroatoms. The van der Waals surface area contributed by atoms with Crippen molar-refractivity contribution >= 4 is 23.3 Å². The molecule has 1 aliphatic rings. The van der Waals surface area contributed by atoms with Crippen LogP contribution >= 0.6 is 11.6 Å². The average molecular weight is 494 g/mol. The van der Waals surface area contributed by atoms with Crippen LogP contribution < -0.4 is 5.32 Å². The molecule has 2 aromatic carbocycles. The number of nitrogens with one attached hydrogen (secondary N) is 1. The molecule has 0 aromatic heterocycles. The molecule has 1 atom stereocenters. The fraction of sp³-hybridized carbons (Fsp3) is 0.348. The van der Waals surface area contributed by atoms with Crippen LogP contribution in [0.5, 0.6) is 0 Å². The number of halogens is 8.